The van der Waals surface area contributed by atoms with Crippen LogP contribution in [0, 0.1) is 6.92 Å². The summed E-state index contributed by atoms with van der Waals surface area (Å²) in [5.74, 6) is 0.121. The van der Waals surface area contributed by atoms with Gasteiger partial charge in [-0.3, -0.25) is 9.48 Å². The van der Waals surface area contributed by atoms with Crippen LogP contribution >= 0.6 is 11.6 Å². The number of ketones is 1. The maximum Gasteiger partial charge on any atom is 0.141 e. The molecule has 0 fully saturated rings. The molecule has 1 atom stereocenters. The summed E-state index contributed by atoms with van der Waals surface area (Å²) in [7, 11) is 1.60. The summed E-state index contributed by atoms with van der Waals surface area (Å²) >= 11 is 6.14. The smallest absolute Gasteiger partial charge is 0.141 e. The number of methoxy groups -OCH3 is 1. The summed E-state index contributed by atoms with van der Waals surface area (Å²) in [4.78, 5) is 11.8. The zero-order chi connectivity index (χ0) is 13.0. The normalized spacial score (nSPS) is 12.8. The molecule has 0 radical (unpaired) electrons. The lowest BCUT2D eigenvalue weighted by Crippen LogP contribution is -2.16. The fourth-order valence-electron chi connectivity index (χ4n) is 1.70. The van der Waals surface area contributed by atoms with Crippen molar-refractivity contribution in [3.63, 3.8) is 0 Å². The van der Waals surface area contributed by atoms with Gasteiger partial charge in [0.25, 0.3) is 0 Å². The molecule has 0 aliphatic heterocycles. The Morgan fingerprint density at radius 1 is 1.59 bits per heavy atom. The first-order valence-corrected chi connectivity index (χ1v) is 6.13. The lowest BCUT2D eigenvalue weighted by molar-refractivity contribution is -0.120. The molecule has 4 nitrogen and oxygen atoms in total. The Hall–Kier alpha value is -0.870. The van der Waals surface area contributed by atoms with Crippen molar-refractivity contribution < 1.29 is 9.53 Å². The average molecular weight is 259 g/mol. The molecular weight excluding hydrogens is 240 g/mol. The minimum atomic E-state index is -0.0552. The quantitative estimate of drug-likeness (QED) is 0.787. The van der Waals surface area contributed by atoms with E-state index in [1.165, 1.54) is 0 Å². The number of aromatic nitrogens is 2. The van der Waals surface area contributed by atoms with E-state index in [2.05, 4.69) is 5.10 Å². The highest BCUT2D eigenvalue weighted by Crippen LogP contribution is 2.21. The lowest BCUT2D eigenvalue weighted by Gasteiger charge is -2.09. The van der Waals surface area contributed by atoms with Crippen molar-refractivity contribution in [3.05, 3.63) is 16.4 Å². The summed E-state index contributed by atoms with van der Waals surface area (Å²) in [5, 5.41) is 4.88. The molecule has 0 amide bonds. The van der Waals surface area contributed by atoms with E-state index in [0.29, 0.717) is 17.9 Å². The molecule has 1 heterocycles. The van der Waals surface area contributed by atoms with Gasteiger partial charge < -0.3 is 4.74 Å². The summed E-state index contributed by atoms with van der Waals surface area (Å²) in [5.41, 5.74) is 1.58. The van der Waals surface area contributed by atoms with Crippen LogP contribution in [-0.2, 0) is 22.5 Å². The third-order valence-electron chi connectivity index (χ3n) is 2.73. The number of carbonyl (C=O) groups excluding carboxylic acids is 1. The maximum atomic E-state index is 11.8. The Bertz CT molecular complexity index is 401. The van der Waals surface area contributed by atoms with E-state index in [9.17, 15) is 4.79 Å². The molecule has 1 rings (SSSR count). The SMILES string of the molecule is CCn1nc(C)c(Cl)c1CC(=O)CC(C)OC. The fraction of sp³-hybridized carbons (Fsp3) is 0.667. The molecule has 1 aromatic heterocycles. The molecule has 0 saturated heterocycles. The summed E-state index contributed by atoms with van der Waals surface area (Å²) in [6.45, 7) is 6.42. The predicted molar refractivity (Wildman–Crippen MR) is 67.4 cm³/mol. The average Bonchev–Trinajstić information content (AvgIpc) is 2.56. The number of carbonyl (C=O) groups is 1. The molecule has 1 aromatic rings. The van der Waals surface area contributed by atoms with Gasteiger partial charge in [0.2, 0.25) is 0 Å². The van der Waals surface area contributed by atoms with Crippen LogP contribution in [0.1, 0.15) is 31.7 Å². The predicted octanol–water partition coefficient (Wildman–Crippen LogP) is 2.40. The van der Waals surface area contributed by atoms with Crippen molar-refractivity contribution >= 4 is 17.4 Å². The molecule has 0 aliphatic carbocycles. The van der Waals surface area contributed by atoms with Crippen molar-refractivity contribution in [2.45, 2.75) is 46.3 Å². The zero-order valence-corrected chi connectivity index (χ0v) is 11.5. The maximum absolute atomic E-state index is 11.8. The fourth-order valence-corrected chi connectivity index (χ4v) is 1.90. The molecule has 0 saturated carbocycles. The number of hydrogen-bond acceptors (Lipinski definition) is 3. The first-order chi connectivity index (χ1) is 7.99. The van der Waals surface area contributed by atoms with Gasteiger partial charge in [-0.25, -0.2) is 0 Å². The van der Waals surface area contributed by atoms with Crippen LogP contribution in [0.4, 0.5) is 0 Å². The van der Waals surface area contributed by atoms with E-state index in [4.69, 9.17) is 16.3 Å². The molecule has 0 spiro atoms. The van der Waals surface area contributed by atoms with Gasteiger partial charge in [0.15, 0.2) is 0 Å². The highest BCUT2D eigenvalue weighted by atomic mass is 35.5. The van der Waals surface area contributed by atoms with E-state index in [-0.39, 0.29) is 11.9 Å². The van der Waals surface area contributed by atoms with Gasteiger partial charge in [0.1, 0.15) is 5.78 Å². The van der Waals surface area contributed by atoms with Crippen molar-refractivity contribution in [1.82, 2.24) is 9.78 Å². The third-order valence-corrected chi connectivity index (χ3v) is 3.23. The highest BCUT2D eigenvalue weighted by molar-refractivity contribution is 6.32. The third kappa shape index (κ3) is 3.54. The number of ether oxygens (including phenoxy) is 1. The van der Waals surface area contributed by atoms with Crippen LogP contribution in [0.3, 0.4) is 0 Å². The largest absolute Gasteiger partial charge is 0.381 e. The Labute approximate surface area is 107 Å². The highest BCUT2D eigenvalue weighted by Gasteiger charge is 2.17. The summed E-state index contributed by atoms with van der Waals surface area (Å²) < 4.78 is 6.86. The lowest BCUT2D eigenvalue weighted by atomic mass is 10.1. The second kappa shape index (κ2) is 6.17. The molecule has 0 bridgehead atoms. The van der Waals surface area contributed by atoms with Crippen LogP contribution < -0.4 is 0 Å². The van der Waals surface area contributed by atoms with Gasteiger partial charge in [-0.1, -0.05) is 11.6 Å². The number of hydrogen-bond donors (Lipinski definition) is 0. The van der Waals surface area contributed by atoms with Crippen LogP contribution in [0.25, 0.3) is 0 Å². The van der Waals surface area contributed by atoms with Crippen LogP contribution in [0.15, 0.2) is 0 Å². The Balaban J connectivity index is 2.77. The van der Waals surface area contributed by atoms with Gasteiger partial charge in [-0.05, 0) is 20.8 Å². The van der Waals surface area contributed by atoms with Crippen molar-refractivity contribution in [2.24, 2.45) is 0 Å². The molecule has 5 heteroatoms. The minimum absolute atomic E-state index is 0.0552. The molecule has 0 aliphatic rings. The first kappa shape index (κ1) is 14.2. The van der Waals surface area contributed by atoms with E-state index in [0.717, 1.165) is 17.9 Å². The first-order valence-electron chi connectivity index (χ1n) is 5.75. The Kier molecular flexibility index (Phi) is 5.15. The van der Waals surface area contributed by atoms with E-state index < -0.39 is 0 Å². The second-order valence-electron chi connectivity index (χ2n) is 4.13. The van der Waals surface area contributed by atoms with E-state index in [1.807, 2.05) is 20.8 Å². The van der Waals surface area contributed by atoms with Crippen LogP contribution in [0.2, 0.25) is 5.02 Å². The minimum Gasteiger partial charge on any atom is -0.381 e. The summed E-state index contributed by atoms with van der Waals surface area (Å²) in [6.07, 6.45) is 0.669. The van der Waals surface area contributed by atoms with E-state index in [1.54, 1.807) is 11.8 Å². The number of Topliss-reactive ketones (excluding diaryl/α,β-unsaturated/α-hetero) is 1. The number of rotatable bonds is 6. The molecular formula is C12H19ClN2O2. The van der Waals surface area contributed by atoms with Crippen LogP contribution in [0.5, 0.6) is 0 Å². The van der Waals surface area contributed by atoms with Gasteiger partial charge in [-0.15, -0.1) is 0 Å². The van der Waals surface area contributed by atoms with Gasteiger partial charge in [0, 0.05) is 26.5 Å². The molecule has 17 heavy (non-hydrogen) atoms. The second-order valence-corrected chi connectivity index (χ2v) is 4.51. The molecule has 96 valence electrons. The number of aryl methyl sites for hydroxylation is 2. The standard InChI is InChI=1S/C12H19ClN2O2/c1-5-15-11(12(13)9(3)14-15)7-10(16)6-8(2)17-4/h8H,5-7H2,1-4H3. The molecule has 0 aromatic carbocycles. The molecule has 0 N–H and O–H groups in total. The van der Waals surface area contributed by atoms with Crippen molar-refractivity contribution in [1.29, 1.82) is 0 Å². The number of nitrogens with zero attached hydrogens (tertiary/aromatic N) is 2. The van der Waals surface area contributed by atoms with Crippen molar-refractivity contribution in [3.8, 4) is 0 Å². The van der Waals surface area contributed by atoms with Gasteiger partial charge >= 0.3 is 0 Å². The van der Waals surface area contributed by atoms with E-state index >= 15 is 0 Å². The topological polar surface area (TPSA) is 44.1 Å². The number of halogens is 1. The monoisotopic (exact) mass is 258 g/mol. The van der Waals surface area contributed by atoms with Crippen LogP contribution in [-0.4, -0.2) is 28.8 Å². The van der Waals surface area contributed by atoms with Gasteiger partial charge in [0.05, 0.1) is 22.5 Å². The summed E-state index contributed by atoms with van der Waals surface area (Å²) in [6, 6.07) is 0. The zero-order valence-electron chi connectivity index (χ0n) is 10.8. The molecule has 1 unspecified atom stereocenters. The Morgan fingerprint density at radius 2 is 2.24 bits per heavy atom. The Morgan fingerprint density at radius 3 is 2.76 bits per heavy atom. The van der Waals surface area contributed by atoms with Gasteiger partial charge in [-0.2, -0.15) is 5.10 Å². The van der Waals surface area contributed by atoms with Crippen molar-refractivity contribution in [2.75, 3.05) is 7.11 Å².